The van der Waals surface area contributed by atoms with Gasteiger partial charge in [-0.15, -0.1) is 0 Å². The van der Waals surface area contributed by atoms with Gasteiger partial charge in [0.05, 0.1) is 0 Å². The molecule has 0 fully saturated rings. The number of carbonyl (C=O) groups is 1. The normalized spacial score (nSPS) is 5.00. The zero-order chi connectivity index (χ0) is 3.58. The number of rotatable bonds is 0. The van der Waals surface area contributed by atoms with E-state index in [1.54, 1.807) is 0 Å². The average molecular weight is 102 g/mol. The fraction of sp³-hybridized carbons (Fsp3) is 0.500. The molecule has 0 heterocycles. The van der Waals surface area contributed by atoms with Gasteiger partial charge in [0.15, 0.2) is 0 Å². The van der Waals surface area contributed by atoms with Gasteiger partial charge in [0.1, 0.15) is 0 Å². The first-order valence-corrected chi connectivity index (χ1v) is 0.928. The van der Waals surface area contributed by atoms with Crippen molar-refractivity contribution in [2.75, 3.05) is 0 Å². The first-order chi connectivity index (χ1) is 1.73. The van der Waals surface area contributed by atoms with Gasteiger partial charge < -0.3 is 5.11 Å². The molecule has 0 saturated heterocycles. The molecule has 1 N–H and O–H groups in total. The average Bonchev–Trinajstić information content (AvgIpc) is 0.811. The predicted octanol–water partition coefficient (Wildman–Crippen LogP) is -0.825. The Labute approximate surface area is 60.2 Å². The van der Waals surface area contributed by atoms with E-state index in [0.717, 1.165) is 6.92 Å². The molecule has 0 amide bonds. The third-order valence-electron chi connectivity index (χ3n) is 0. The monoisotopic (exact) mass is 102 g/mol. The second-order valence-electron chi connectivity index (χ2n) is 0.519. The van der Waals surface area contributed by atoms with Crippen molar-refractivity contribution in [1.29, 1.82) is 0 Å². The van der Waals surface area contributed by atoms with Crippen LogP contribution in [0.3, 0.4) is 0 Å². The summed E-state index contributed by atoms with van der Waals surface area (Å²) in [5, 5.41) is 7.42. The fourth-order valence-electron chi connectivity index (χ4n) is 0. The number of hydrogen-bond acceptors (Lipinski definition) is 1. The summed E-state index contributed by atoms with van der Waals surface area (Å²) in [5.41, 5.74) is 0. The third kappa shape index (κ3) is 66.2. The van der Waals surface area contributed by atoms with Crippen LogP contribution >= 0.6 is 0 Å². The molecule has 0 spiro atoms. The molecule has 0 aliphatic carbocycles. The third-order valence-corrected chi connectivity index (χ3v) is 0. The maximum absolute atomic E-state index is 9.00. The van der Waals surface area contributed by atoms with E-state index in [4.69, 9.17) is 9.90 Å². The Bertz CT molecular complexity index is 30.6. The molecule has 0 atom stereocenters. The maximum atomic E-state index is 9.00. The van der Waals surface area contributed by atoms with E-state index in [1.807, 2.05) is 0 Å². The minimum absolute atomic E-state index is 0. The summed E-state index contributed by atoms with van der Waals surface area (Å²) < 4.78 is 0. The topological polar surface area (TPSA) is 37.3 Å². The Hall–Kier alpha value is 0.730. The molecular formula is C2H6CaO2. The second-order valence-corrected chi connectivity index (χ2v) is 0.519. The Morgan fingerprint density at radius 1 is 1.80 bits per heavy atom. The van der Waals surface area contributed by atoms with Crippen LogP contribution in [0.1, 0.15) is 6.92 Å². The van der Waals surface area contributed by atoms with Gasteiger partial charge >= 0.3 is 37.7 Å². The van der Waals surface area contributed by atoms with Crippen LogP contribution in [-0.2, 0) is 4.79 Å². The van der Waals surface area contributed by atoms with Crippen molar-refractivity contribution in [3.05, 3.63) is 0 Å². The molecule has 0 aromatic rings. The van der Waals surface area contributed by atoms with Crippen LogP contribution in [0.5, 0.6) is 0 Å². The van der Waals surface area contributed by atoms with Crippen LogP contribution in [0.25, 0.3) is 0 Å². The van der Waals surface area contributed by atoms with Crippen molar-refractivity contribution < 1.29 is 9.90 Å². The number of carboxylic acids is 1. The quantitative estimate of drug-likeness (QED) is 0.405. The summed E-state index contributed by atoms with van der Waals surface area (Å²) in [5.74, 6) is -0.833. The molecule has 0 bridgehead atoms. The van der Waals surface area contributed by atoms with Crippen molar-refractivity contribution in [1.82, 2.24) is 0 Å². The minimum atomic E-state index is -0.833. The van der Waals surface area contributed by atoms with E-state index in [2.05, 4.69) is 0 Å². The summed E-state index contributed by atoms with van der Waals surface area (Å²) in [4.78, 5) is 9.00. The molecule has 0 aromatic heterocycles. The summed E-state index contributed by atoms with van der Waals surface area (Å²) in [6.07, 6.45) is 0. The van der Waals surface area contributed by atoms with E-state index < -0.39 is 5.97 Å². The fourth-order valence-corrected chi connectivity index (χ4v) is 0. The summed E-state index contributed by atoms with van der Waals surface area (Å²) in [6.45, 7) is 1.08. The first kappa shape index (κ1) is 9.21. The van der Waals surface area contributed by atoms with E-state index in [1.165, 1.54) is 0 Å². The van der Waals surface area contributed by atoms with Crippen molar-refractivity contribution in [2.24, 2.45) is 0 Å². The molecule has 0 rings (SSSR count). The van der Waals surface area contributed by atoms with Crippen LogP contribution in [0.15, 0.2) is 0 Å². The molecule has 28 valence electrons. The van der Waals surface area contributed by atoms with Crippen LogP contribution in [0.2, 0.25) is 0 Å². The molecule has 3 heteroatoms. The molecular weight excluding hydrogens is 96.1 g/mol. The second kappa shape index (κ2) is 4.73. The van der Waals surface area contributed by atoms with Crippen molar-refractivity contribution in [3.8, 4) is 0 Å². The van der Waals surface area contributed by atoms with Gasteiger partial charge in [-0.05, 0) is 0 Å². The van der Waals surface area contributed by atoms with Gasteiger partial charge in [-0.1, -0.05) is 0 Å². The van der Waals surface area contributed by atoms with Gasteiger partial charge in [0.25, 0.3) is 5.97 Å². The van der Waals surface area contributed by atoms with Crippen LogP contribution in [0.4, 0.5) is 0 Å². The van der Waals surface area contributed by atoms with Gasteiger partial charge in [-0.2, -0.15) is 0 Å². The summed E-state index contributed by atoms with van der Waals surface area (Å²) >= 11 is 0. The van der Waals surface area contributed by atoms with Gasteiger partial charge in [0.2, 0.25) is 0 Å². The van der Waals surface area contributed by atoms with Gasteiger partial charge in [0, 0.05) is 6.92 Å². The SMILES string of the molecule is CC(=O)O.[CaH2]. The molecule has 5 heavy (non-hydrogen) atoms. The molecule has 0 aliphatic heterocycles. The molecule has 0 unspecified atom stereocenters. The zero-order valence-electron chi connectivity index (χ0n) is 2.36. The number of hydrogen-bond donors (Lipinski definition) is 1. The first-order valence-electron chi connectivity index (χ1n) is 0.928. The summed E-state index contributed by atoms with van der Waals surface area (Å²) in [6, 6.07) is 0. The van der Waals surface area contributed by atoms with E-state index in [-0.39, 0.29) is 37.7 Å². The number of carboxylic acid groups (broad SMARTS) is 1. The van der Waals surface area contributed by atoms with Gasteiger partial charge in [-0.25, -0.2) is 0 Å². The Balaban J connectivity index is 0. The van der Waals surface area contributed by atoms with Crippen LogP contribution < -0.4 is 0 Å². The van der Waals surface area contributed by atoms with E-state index in [0.29, 0.717) is 0 Å². The predicted molar refractivity (Wildman–Crippen MR) is 21.9 cm³/mol. The molecule has 0 aliphatic rings. The van der Waals surface area contributed by atoms with Crippen molar-refractivity contribution in [3.63, 3.8) is 0 Å². The Morgan fingerprint density at radius 2 is 1.80 bits per heavy atom. The molecule has 0 aromatic carbocycles. The van der Waals surface area contributed by atoms with Crippen LogP contribution in [0, 0.1) is 0 Å². The van der Waals surface area contributed by atoms with E-state index >= 15 is 0 Å². The van der Waals surface area contributed by atoms with Crippen molar-refractivity contribution in [2.45, 2.75) is 6.92 Å². The molecule has 0 saturated carbocycles. The standard InChI is InChI=1S/C2H4O2.Ca.2H/c1-2(3)4;;;/h1H3,(H,3,4);;;. The van der Waals surface area contributed by atoms with E-state index in [9.17, 15) is 0 Å². The zero-order valence-corrected chi connectivity index (χ0v) is 2.36. The Morgan fingerprint density at radius 3 is 1.80 bits per heavy atom. The van der Waals surface area contributed by atoms with Gasteiger partial charge in [-0.3, -0.25) is 4.79 Å². The number of aliphatic carboxylic acids is 1. The van der Waals surface area contributed by atoms with Crippen LogP contribution in [-0.4, -0.2) is 48.8 Å². The Kier molecular flexibility index (Phi) is 8.72. The summed E-state index contributed by atoms with van der Waals surface area (Å²) in [7, 11) is 0. The van der Waals surface area contributed by atoms with Crippen molar-refractivity contribution >= 4 is 43.7 Å². The molecule has 0 radical (unpaired) electrons. The molecule has 2 nitrogen and oxygen atoms in total.